The average Bonchev–Trinajstić information content (AvgIpc) is 3.12. The van der Waals surface area contributed by atoms with Crippen molar-refractivity contribution in [1.82, 2.24) is 9.80 Å². The molecule has 2 radical (unpaired) electrons. The van der Waals surface area contributed by atoms with Crippen molar-refractivity contribution < 1.29 is 9.59 Å². The molecule has 5 heteroatoms. The molecule has 2 aromatic rings. The van der Waals surface area contributed by atoms with Crippen molar-refractivity contribution in [1.29, 1.82) is 0 Å². The molecule has 1 saturated heterocycles. The summed E-state index contributed by atoms with van der Waals surface area (Å²) in [5.41, 5.74) is 2.13. The maximum absolute atomic E-state index is 13.1. The molecule has 25 heavy (non-hydrogen) atoms. The van der Waals surface area contributed by atoms with Gasteiger partial charge < -0.3 is 9.80 Å². The number of carbonyl (C=O) groups excluding carboxylic acids is 2. The standard InChI is InChI=1S/C20H21BN2O2/c21-20(25)23-13-7-12-18(23)19(24)22(14-16-8-3-1-4-9-16)15-17-10-5-2-6-11-17/h1-6,8-11,18H,7,12-15H2. The molecule has 2 amide bonds. The van der Waals surface area contributed by atoms with Gasteiger partial charge in [0, 0.05) is 19.6 Å². The molecule has 1 heterocycles. The first-order chi connectivity index (χ1) is 12.1. The maximum Gasteiger partial charge on any atom is 0.245 e. The van der Waals surface area contributed by atoms with E-state index in [1.807, 2.05) is 65.6 Å². The number of likely N-dealkylation sites (tertiary alicyclic amines) is 1. The Balaban J connectivity index is 1.82. The topological polar surface area (TPSA) is 40.6 Å². The highest BCUT2D eigenvalue weighted by Gasteiger charge is 2.34. The molecule has 1 unspecified atom stereocenters. The Kier molecular flexibility index (Phi) is 5.54. The molecule has 126 valence electrons. The van der Waals surface area contributed by atoms with Crippen LogP contribution in [0.1, 0.15) is 24.0 Å². The predicted molar refractivity (Wildman–Crippen MR) is 98.0 cm³/mol. The lowest BCUT2D eigenvalue weighted by molar-refractivity contribution is -0.136. The zero-order valence-electron chi connectivity index (χ0n) is 14.2. The number of benzene rings is 2. The predicted octanol–water partition coefficient (Wildman–Crippen LogP) is 2.97. The fraction of sp³-hybridized carbons (Fsp3) is 0.300. The van der Waals surface area contributed by atoms with E-state index in [0.29, 0.717) is 26.1 Å². The molecule has 2 aromatic carbocycles. The maximum atomic E-state index is 13.1. The molecule has 1 atom stereocenters. The lowest BCUT2D eigenvalue weighted by Crippen LogP contribution is -2.47. The van der Waals surface area contributed by atoms with Crippen LogP contribution in [-0.2, 0) is 17.9 Å². The molecule has 1 aliphatic rings. The largest absolute Gasteiger partial charge is 0.341 e. The molecule has 1 aliphatic heterocycles. The number of hydrogen-bond donors (Lipinski definition) is 0. The van der Waals surface area contributed by atoms with Gasteiger partial charge in [-0.15, -0.1) is 0 Å². The summed E-state index contributed by atoms with van der Waals surface area (Å²) in [5.74, 6) is -0.556. The van der Waals surface area contributed by atoms with Crippen molar-refractivity contribution in [2.24, 2.45) is 0 Å². The number of rotatable bonds is 5. The van der Waals surface area contributed by atoms with Gasteiger partial charge in [-0.3, -0.25) is 9.59 Å². The molecule has 0 aromatic heterocycles. The minimum atomic E-state index is -0.518. The zero-order chi connectivity index (χ0) is 17.6. The van der Waals surface area contributed by atoms with E-state index in [1.165, 1.54) is 4.90 Å². The van der Waals surface area contributed by atoms with Crippen LogP contribution >= 0.6 is 0 Å². The minimum absolute atomic E-state index is 0.0380. The van der Waals surface area contributed by atoms with E-state index >= 15 is 0 Å². The summed E-state index contributed by atoms with van der Waals surface area (Å²) in [7, 11) is 5.45. The van der Waals surface area contributed by atoms with Gasteiger partial charge in [0.2, 0.25) is 13.8 Å². The van der Waals surface area contributed by atoms with Crippen LogP contribution in [0.4, 0.5) is 4.79 Å². The molecule has 0 aliphatic carbocycles. The number of hydrogen-bond acceptors (Lipinski definition) is 2. The molecule has 0 N–H and O–H groups in total. The first-order valence-electron chi connectivity index (χ1n) is 8.58. The smallest absolute Gasteiger partial charge is 0.245 e. The van der Waals surface area contributed by atoms with Crippen molar-refractivity contribution in [3.8, 4) is 0 Å². The summed E-state index contributed by atoms with van der Waals surface area (Å²) in [4.78, 5) is 28.1. The summed E-state index contributed by atoms with van der Waals surface area (Å²) in [6.45, 7) is 1.57. The van der Waals surface area contributed by atoms with Crippen molar-refractivity contribution in [2.45, 2.75) is 32.0 Å². The highest BCUT2D eigenvalue weighted by Crippen LogP contribution is 2.21. The zero-order valence-corrected chi connectivity index (χ0v) is 14.2. The van der Waals surface area contributed by atoms with Gasteiger partial charge in [-0.05, 0) is 24.0 Å². The van der Waals surface area contributed by atoms with Crippen molar-refractivity contribution >= 4 is 19.6 Å². The van der Waals surface area contributed by atoms with Gasteiger partial charge in [0.25, 0.3) is 0 Å². The second kappa shape index (κ2) is 8.01. The fourth-order valence-electron chi connectivity index (χ4n) is 3.32. The first-order valence-corrected chi connectivity index (χ1v) is 8.58. The van der Waals surface area contributed by atoms with Crippen LogP contribution in [0.25, 0.3) is 0 Å². The Bertz CT molecular complexity index is 679. The molecule has 4 nitrogen and oxygen atoms in total. The highest BCUT2D eigenvalue weighted by molar-refractivity contribution is 6.57. The Morgan fingerprint density at radius 3 is 1.96 bits per heavy atom. The van der Waals surface area contributed by atoms with Crippen LogP contribution in [-0.4, -0.2) is 41.9 Å². The van der Waals surface area contributed by atoms with Gasteiger partial charge in [-0.2, -0.15) is 0 Å². The van der Waals surface area contributed by atoms with E-state index in [1.54, 1.807) is 0 Å². The third kappa shape index (κ3) is 4.30. The second-order valence-electron chi connectivity index (χ2n) is 6.36. The monoisotopic (exact) mass is 332 g/mol. The molecule has 1 fully saturated rings. The van der Waals surface area contributed by atoms with Crippen molar-refractivity contribution in [2.75, 3.05) is 6.54 Å². The quantitative estimate of drug-likeness (QED) is 0.790. The van der Waals surface area contributed by atoms with Crippen molar-refractivity contribution in [3.63, 3.8) is 0 Å². The Morgan fingerprint density at radius 2 is 1.48 bits per heavy atom. The van der Waals surface area contributed by atoms with E-state index in [9.17, 15) is 9.59 Å². The third-order valence-electron chi connectivity index (χ3n) is 4.57. The van der Waals surface area contributed by atoms with E-state index in [0.717, 1.165) is 17.5 Å². The van der Waals surface area contributed by atoms with Crippen LogP contribution in [0.15, 0.2) is 60.7 Å². The lowest BCUT2D eigenvalue weighted by Gasteiger charge is -2.30. The summed E-state index contributed by atoms with van der Waals surface area (Å²) in [5, 5.41) is 0. The van der Waals surface area contributed by atoms with Gasteiger partial charge in [0.05, 0.1) is 0 Å². The molecular weight excluding hydrogens is 311 g/mol. The van der Waals surface area contributed by atoms with Gasteiger partial charge in [0.1, 0.15) is 6.04 Å². The first kappa shape index (κ1) is 17.3. The fourth-order valence-corrected chi connectivity index (χ4v) is 3.32. The van der Waals surface area contributed by atoms with E-state index in [2.05, 4.69) is 0 Å². The van der Waals surface area contributed by atoms with Crippen LogP contribution in [0.2, 0.25) is 0 Å². The van der Waals surface area contributed by atoms with Crippen LogP contribution in [0, 0.1) is 0 Å². The van der Waals surface area contributed by atoms with E-state index in [-0.39, 0.29) is 5.91 Å². The SMILES string of the molecule is [B]C(=O)N1CCCC1C(=O)N(Cc1ccccc1)Cc1ccccc1. The second-order valence-corrected chi connectivity index (χ2v) is 6.36. The Hall–Kier alpha value is -2.56. The van der Waals surface area contributed by atoms with Gasteiger partial charge >= 0.3 is 0 Å². The number of nitrogens with zero attached hydrogens (tertiary/aromatic N) is 2. The molecule has 0 saturated carbocycles. The summed E-state index contributed by atoms with van der Waals surface area (Å²) >= 11 is 0. The minimum Gasteiger partial charge on any atom is -0.341 e. The van der Waals surface area contributed by atoms with Gasteiger partial charge in [-0.25, -0.2) is 0 Å². The molecule has 0 bridgehead atoms. The van der Waals surface area contributed by atoms with Crippen molar-refractivity contribution in [3.05, 3.63) is 71.8 Å². The summed E-state index contributed by atoms with van der Waals surface area (Å²) < 4.78 is 0. The number of carbonyl (C=O) groups is 2. The van der Waals surface area contributed by atoms with Crippen LogP contribution in [0.3, 0.4) is 0 Å². The molecule has 0 spiro atoms. The summed E-state index contributed by atoms with van der Waals surface area (Å²) in [6.07, 6.45) is 1.48. The normalized spacial score (nSPS) is 16.6. The van der Waals surface area contributed by atoms with Crippen LogP contribution < -0.4 is 0 Å². The van der Waals surface area contributed by atoms with E-state index in [4.69, 9.17) is 7.85 Å². The highest BCUT2D eigenvalue weighted by atomic mass is 16.2. The van der Waals surface area contributed by atoms with Gasteiger partial charge in [0.15, 0.2) is 5.81 Å². The van der Waals surface area contributed by atoms with Gasteiger partial charge in [-0.1, -0.05) is 60.7 Å². The third-order valence-corrected chi connectivity index (χ3v) is 4.57. The number of amides is 2. The summed E-state index contributed by atoms with van der Waals surface area (Å²) in [6, 6.07) is 19.3. The Labute approximate surface area is 149 Å². The van der Waals surface area contributed by atoms with Crippen LogP contribution in [0.5, 0.6) is 0 Å². The van der Waals surface area contributed by atoms with E-state index < -0.39 is 11.8 Å². The molecular formula is C20H21BN2O2. The lowest BCUT2D eigenvalue weighted by atomic mass is 10.1. The Morgan fingerprint density at radius 1 is 0.960 bits per heavy atom. The molecule has 3 rings (SSSR count). The average molecular weight is 332 g/mol.